The maximum absolute atomic E-state index is 11.7. The predicted octanol–water partition coefficient (Wildman–Crippen LogP) is 1.67. The van der Waals surface area contributed by atoms with Gasteiger partial charge in [-0.05, 0) is 45.6 Å². The van der Waals surface area contributed by atoms with Crippen molar-refractivity contribution < 1.29 is 4.79 Å². The second kappa shape index (κ2) is 5.71. The number of rotatable bonds is 5. The fourth-order valence-corrected chi connectivity index (χ4v) is 2.66. The summed E-state index contributed by atoms with van der Waals surface area (Å²) in [4.78, 5) is 14.2. The minimum atomic E-state index is -0.668. The van der Waals surface area contributed by atoms with Crippen molar-refractivity contribution in [3.63, 3.8) is 0 Å². The monoisotopic (exact) mass is 249 g/mol. The summed E-state index contributed by atoms with van der Waals surface area (Å²) in [5.41, 5.74) is -0.668. The summed E-state index contributed by atoms with van der Waals surface area (Å²) in [5, 5.41) is 11.8. The lowest BCUT2D eigenvalue weighted by molar-refractivity contribution is -0.124. The third-order valence-corrected chi connectivity index (χ3v) is 4.25. The normalized spacial score (nSPS) is 26.3. The first kappa shape index (κ1) is 13.4. The van der Waals surface area contributed by atoms with Gasteiger partial charge in [-0.15, -0.1) is 0 Å². The van der Waals surface area contributed by atoms with Crippen LogP contribution in [0.1, 0.15) is 45.4 Å². The molecule has 1 unspecified atom stereocenters. The fourth-order valence-electron chi connectivity index (χ4n) is 2.66. The maximum atomic E-state index is 11.7. The van der Waals surface area contributed by atoms with E-state index < -0.39 is 5.41 Å². The molecule has 1 aliphatic heterocycles. The average Bonchev–Trinajstić information content (AvgIpc) is 3.17. The quantitative estimate of drug-likeness (QED) is 0.754. The van der Waals surface area contributed by atoms with Gasteiger partial charge in [0.05, 0.1) is 6.07 Å². The molecule has 1 heterocycles. The van der Waals surface area contributed by atoms with Crippen molar-refractivity contribution in [2.45, 2.75) is 51.5 Å². The second-order valence-corrected chi connectivity index (χ2v) is 5.68. The van der Waals surface area contributed by atoms with Crippen molar-refractivity contribution in [2.24, 2.45) is 5.41 Å². The second-order valence-electron chi connectivity index (χ2n) is 5.68. The first-order valence-electron chi connectivity index (χ1n) is 7.11. The SMILES string of the molecule is CC1CCCCN1CCCNC(=O)C1(C#N)CC1. The van der Waals surface area contributed by atoms with E-state index in [1.807, 2.05) is 0 Å². The lowest BCUT2D eigenvalue weighted by atomic mass is 10.0. The number of hydrogen-bond donors (Lipinski definition) is 1. The molecule has 1 saturated heterocycles. The Morgan fingerprint density at radius 2 is 2.28 bits per heavy atom. The fraction of sp³-hybridized carbons (Fsp3) is 0.857. The maximum Gasteiger partial charge on any atom is 0.240 e. The van der Waals surface area contributed by atoms with Crippen molar-refractivity contribution in [1.29, 1.82) is 5.26 Å². The van der Waals surface area contributed by atoms with Gasteiger partial charge in [0.2, 0.25) is 5.91 Å². The summed E-state index contributed by atoms with van der Waals surface area (Å²) in [7, 11) is 0. The first-order chi connectivity index (χ1) is 8.68. The van der Waals surface area contributed by atoms with Gasteiger partial charge in [-0.1, -0.05) is 6.42 Å². The molecular weight excluding hydrogens is 226 g/mol. The van der Waals surface area contributed by atoms with Gasteiger partial charge in [-0.3, -0.25) is 4.79 Å². The van der Waals surface area contributed by atoms with E-state index in [2.05, 4.69) is 23.2 Å². The van der Waals surface area contributed by atoms with Gasteiger partial charge in [0, 0.05) is 19.1 Å². The Bertz CT molecular complexity index is 343. The van der Waals surface area contributed by atoms with Gasteiger partial charge in [0.15, 0.2) is 0 Å². The van der Waals surface area contributed by atoms with E-state index in [0.717, 1.165) is 25.8 Å². The summed E-state index contributed by atoms with van der Waals surface area (Å²) < 4.78 is 0. The van der Waals surface area contributed by atoms with Gasteiger partial charge >= 0.3 is 0 Å². The molecule has 2 fully saturated rings. The number of nitrogens with zero attached hydrogens (tertiary/aromatic N) is 2. The molecule has 0 radical (unpaired) electrons. The van der Waals surface area contributed by atoms with Gasteiger partial charge in [-0.25, -0.2) is 0 Å². The Morgan fingerprint density at radius 3 is 2.89 bits per heavy atom. The Hall–Kier alpha value is -1.08. The van der Waals surface area contributed by atoms with Crippen molar-refractivity contribution >= 4 is 5.91 Å². The Labute approximate surface area is 109 Å². The van der Waals surface area contributed by atoms with Crippen LogP contribution in [-0.2, 0) is 4.79 Å². The molecule has 18 heavy (non-hydrogen) atoms. The molecule has 2 aliphatic rings. The zero-order valence-corrected chi connectivity index (χ0v) is 11.2. The predicted molar refractivity (Wildman–Crippen MR) is 69.8 cm³/mol. The molecule has 0 aromatic heterocycles. The van der Waals surface area contributed by atoms with Crippen LogP contribution < -0.4 is 5.32 Å². The van der Waals surface area contributed by atoms with Gasteiger partial charge < -0.3 is 10.2 Å². The third-order valence-electron chi connectivity index (χ3n) is 4.25. The van der Waals surface area contributed by atoms with Gasteiger partial charge in [0.1, 0.15) is 5.41 Å². The number of likely N-dealkylation sites (tertiary alicyclic amines) is 1. The number of amides is 1. The highest BCUT2D eigenvalue weighted by atomic mass is 16.2. The van der Waals surface area contributed by atoms with Crippen LogP contribution in [0.2, 0.25) is 0 Å². The molecule has 4 heteroatoms. The van der Waals surface area contributed by atoms with E-state index in [1.54, 1.807) is 0 Å². The molecule has 1 saturated carbocycles. The molecule has 0 aromatic carbocycles. The standard InChI is InChI=1S/C14H23N3O/c1-12-5-2-3-9-17(12)10-4-8-16-13(18)14(11-15)6-7-14/h12H,2-10H2,1H3,(H,16,18). The van der Waals surface area contributed by atoms with E-state index in [1.165, 1.54) is 25.8 Å². The molecule has 2 rings (SSSR count). The molecule has 1 aliphatic carbocycles. The van der Waals surface area contributed by atoms with Crippen LogP contribution in [0, 0.1) is 16.7 Å². The zero-order valence-electron chi connectivity index (χ0n) is 11.2. The number of carbonyl (C=O) groups is 1. The number of nitriles is 1. The van der Waals surface area contributed by atoms with Crippen LogP contribution in [0.5, 0.6) is 0 Å². The number of carbonyl (C=O) groups excluding carboxylic acids is 1. The average molecular weight is 249 g/mol. The van der Waals surface area contributed by atoms with Crippen molar-refractivity contribution in [1.82, 2.24) is 10.2 Å². The molecule has 100 valence electrons. The minimum Gasteiger partial charge on any atom is -0.355 e. The Kier molecular flexibility index (Phi) is 4.23. The van der Waals surface area contributed by atoms with Crippen LogP contribution in [-0.4, -0.2) is 36.5 Å². The largest absolute Gasteiger partial charge is 0.355 e. The topological polar surface area (TPSA) is 56.1 Å². The first-order valence-corrected chi connectivity index (χ1v) is 7.11. The molecule has 1 amide bonds. The smallest absolute Gasteiger partial charge is 0.240 e. The molecule has 1 atom stereocenters. The van der Waals surface area contributed by atoms with Crippen LogP contribution in [0.25, 0.3) is 0 Å². The summed E-state index contributed by atoms with van der Waals surface area (Å²) in [6, 6.07) is 2.81. The highest BCUT2D eigenvalue weighted by molar-refractivity contribution is 5.88. The number of piperidine rings is 1. The van der Waals surface area contributed by atoms with Gasteiger partial charge in [-0.2, -0.15) is 5.26 Å². The lowest BCUT2D eigenvalue weighted by Crippen LogP contribution is -2.39. The minimum absolute atomic E-state index is 0.0586. The summed E-state index contributed by atoms with van der Waals surface area (Å²) >= 11 is 0. The third kappa shape index (κ3) is 3.02. The summed E-state index contributed by atoms with van der Waals surface area (Å²) in [5.74, 6) is -0.0586. The molecular formula is C14H23N3O. The van der Waals surface area contributed by atoms with Crippen molar-refractivity contribution in [3.05, 3.63) is 0 Å². The summed E-state index contributed by atoms with van der Waals surface area (Å²) in [6.07, 6.45) is 6.39. The Morgan fingerprint density at radius 1 is 1.50 bits per heavy atom. The number of hydrogen-bond acceptors (Lipinski definition) is 3. The van der Waals surface area contributed by atoms with Crippen LogP contribution in [0.3, 0.4) is 0 Å². The van der Waals surface area contributed by atoms with Crippen LogP contribution >= 0.6 is 0 Å². The molecule has 0 spiro atoms. The van der Waals surface area contributed by atoms with Crippen LogP contribution in [0.4, 0.5) is 0 Å². The lowest BCUT2D eigenvalue weighted by Gasteiger charge is -2.33. The Balaban J connectivity index is 1.61. The number of nitrogens with one attached hydrogen (secondary N) is 1. The van der Waals surface area contributed by atoms with Crippen LogP contribution in [0.15, 0.2) is 0 Å². The summed E-state index contributed by atoms with van der Waals surface area (Å²) in [6.45, 7) is 5.23. The van der Waals surface area contributed by atoms with Crippen molar-refractivity contribution in [3.8, 4) is 6.07 Å². The zero-order chi connectivity index (χ0) is 13.0. The highest BCUT2D eigenvalue weighted by Crippen LogP contribution is 2.44. The molecule has 1 N–H and O–H groups in total. The van der Waals surface area contributed by atoms with Crippen molar-refractivity contribution in [2.75, 3.05) is 19.6 Å². The van der Waals surface area contributed by atoms with E-state index in [9.17, 15) is 4.79 Å². The van der Waals surface area contributed by atoms with Gasteiger partial charge in [0.25, 0.3) is 0 Å². The molecule has 0 aromatic rings. The molecule has 4 nitrogen and oxygen atoms in total. The van der Waals surface area contributed by atoms with E-state index in [-0.39, 0.29) is 5.91 Å². The van der Waals surface area contributed by atoms with E-state index in [0.29, 0.717) is 12.6 Å². The van der Waals surface area contributed by atoms with E-state index >= 15 is 0 Å². The highest BCUT2D eigenvalue weighted by Gasteiger charge is 2.50. The molecule has 0 bridgehead atoms. The van der Waals surface area contributed by atoms with E-state index in [4.69, 9.17) is 5.26 Å².